The summed E-state index contributed by atoms with van der Waals surface area (Å²) in [6, 6.07) is 15.7. The van der Waals surface area contributed by atoms with Crippen LogP contribution in [0.25, 0.3) is 0 Å². The topological polar surface area (TPSA) is 61.4 Å². The van der Waals surface area contributed by atoms with Crippen molar-refractivity contribution in [2.75, 3.05) is 25.5 Å². The highest BCUT2D eigenvalue weighted by Crippen LogP contribution is 2.28. The van der Waals surface area contributed by atoms with Gasteiger partial charge in [0, 0.05) is 37.3 Å². The van der Waals surface area contributed by atoms with Crippen molar-refractivity contribution in [2.45, 2.75) is 38.5 Å². The molecule has 1 aliphatic heterocycles. The minimum Gasteiger partial charge on any atom is -0.341 e. The lowest BCUT2D eigenvalue weighted by Gasteiger charge is -2.32. The number of amides is 3. The zero-order chi connectivity index (χ0) is 20.1. The highest BCUT2D eigenvalue weighted by Gasteiger charge is 2.24. The second-order valence-electron chi connectivity index (χ2n) is 7.70. The van der Waals surface area contributed by atoms with Crippen LogP contribution < -0.4 is 10.6 Å². The fraction of sp³-hybridized carbons (Fsp3) is 0.391. The quantitative estimate of drug-likeness (QED) is 0.817. The van der Waals surface area contributed by atoms with E-state index in [1.54, 1.807) is 7.05 Å². The molecule has 1 saturated heterocycles. The van der Waals surface area contributed by atoms with Crippen LogP contribution in [-0.2, 0) is 0 Å². The number of likely N-dealkylation sites (tertiary alicyclic amines) is 1. The van der Waals surface area contributed by atoms with E-state index in [9.17, 15) is 9.59 Å². The van der Waals surface area contributed by atoms with Crippen LogP contribution >= 0.6 is 0 Å². The van der Waals surface area contributed by atoms with Crippen LogP contribution in [0.15, 0.2) is 48.5 Å². The van der Waals surface area contributed by atoms with E-state index in [4.69, 9.17) is 0 Å². The zero-order valence-corrected chi connectivity index (χ0v) is 16.9. The third-order valence-corrected chi connectivity index (χ3v) is 5.38. The summed E-state index contributed by atoms with van der Waals surface area (Å²) in [7, 11) is 1.66. The van der Waals surface area contributed by atoms with Gasteiger partial charge in [0.05, 0.1) is 0 Å². The lowest BCUT2D eigenvalue weighted by molar-refractivity contribution is 0.102. The van der Waals surface area contributed by atoms with Crippen molar-refractivity contribution < 1.29 is 9.59 Å². The molecule has 3 rings (SSSR count). The number of urea groups is 1. The maximum absolute atomic E-state index is 12.7. The van der Waals surface area contributed by atoms with Gasteiger partial charge < -0.3 is 15.5 Å². The standard InChI is InChI=1S/C23H29N3O2/c1-16(2)17-9-11-21(12-10-17)25-22(27)19-7-4-6-18(14-19)20-8-5-13-26(15-20)23(28)24-3/h4,6-7,9-12,14,16,20H,5,8,13,15H2,1-3H3,(H,24,28)(H,25,27)/t20-/m1/s1. The summed E-state index contributed by atoms with van der Waals surface area (Å²) in [5.74, 6) is 0.605. The first-order valence-electron chi connectivity index (χ1n) is 9.96. The number of benzene rings is 2. The molecule has 28 heavy (non-hydrogen) atoms. The van der Waals surface area contributed by atoms with Gasteiger partial charge in [-0.3, -0.25) is 4.79 Å². The number of rotatable bonds is 4. The van der Waals surface area contributed by atoms with Crippen LogP contribution in [0.5, 0.6) is 0 Å². The third kappa shape index (κ3) is 4.71. The average Bonchev–Trinajstić information content (AvgIpc) is 2.73. The van der Waals surface area contributed by atoms with Gasteiger partial charge in [-0.2, -0.15) is 0 Å². The van der Waals surface area contributed by atoms with Crippen molar-refractivity contribution in [1.29, 1.82) is 0 Å². The highest BCUT2D eigenvalue weighted by atomic mass is 16.2. The molecule has 0 aliphatic carbocycles. The number of nitrogens with zero attached hydrogens (tertiary/aromatic N) is 1. The number of piperidine rings is 1. The Morgan fingerprint density at radius 2 is 1.86 bits per heavy atom. The van der Waals surface area contributed by atoms with Gasteiger partial charge in [-0.25, -0.2) is 4.79 Å². The first-order chi connectivity index (χ1) is 13.5. The smallest absolute Gasteiger partial charge is 0.317 e. The maximum atomic E-state index is 12.7. The Hall–Kier alpha value is -2.82. The number of hydrogen-bond acceptors (Lipinski definition) is 2. The molecule has 2 aromatic carbocycles. The number of carbonyl (C=O) groups excluding carboxylic acids is 2. The molecule has 3 amide bonds. The third-order valence-electron chi connectivity index (χ3n) is 5.38. The number of nitrogens with one attached hydrogen (secondary N) is 2. The Bertz CT molecular complexity index is 830. The van der Waals surface area contributed by atoms with Gasteiger partial charge in [0.15, 0.2) is 0 Å². The molecule has 0 bridgehead atoms. The Kier molecular flexibility index (Phi) is 6.34. The van der Waals surface area contributed by atoms with Crippen LogP contribution in [0.3, 0.4) is 0 Å². The molecule has 0 radical (unpaired) electrons. The van der Waals surface area contributed by atoms with Crippen LogP contribution in [0.1, 0.15) is 60.0 Å². The largest absolute Gasteiger partial charge is 0.341 e. The number of carbonyl (C=O) groups is 2. The predicted molar refractivity (Wildman–Crippen MR) is 113 cm³/mol. The molecule has 0 saturated carbocycles. The van der Waals surface area contributed by atoms with E-state index in [0.29, 0.717) is 18.0 Å². The van der Waals surface area contributed by atoms with Crippen molar-refractivity contribution in [3.8, 4) is 0 Å². The van der Waals surface area contributed by atoms with Gasteiger partial charge in [0.25, 0.3) is 5.91 Å². The van der Waals surface area contributed by atoms with Crippen LogP contribution in [0, 0.1) is 0 Å². The van der Waals surface area contributed by atoms with E-state index in [-0.39, 0.29) is 17.9 Å². The summed E-state index contributed by atoms with van der Waals surface area (Å²) in [6.07, 6.45) is 1.99. The molecule has 2 N–H and O–H groups in total. The van der Waals surface area contributed by atoms with Gasteiger partial charge in [0.1, 0.15) is 0 Å². The van der Waals surface area contributed by atoms with Gasteiger partial charge in [-0.15, -0.1) is 0 Å². The lowest BCUT2D eigenvalue weighted by Crippen LogP contribution is -2.43. The molecule has 0 aromatic heterocycles. The molecule has 1 atom stereocenters. The number of anilines is 1. The van der Waals surface area contributed by atoms with Gasteiger partial charge in [-0.1, -0.05) is 38.1 Å². The van der Waals surface area contributed by atoms with Gasteiger partial charge in [0.2, 0.25) is 0 Å². The van der Waals surface area contributed by atoms with E-state index >= 15 is 0 Å². The van der Waals surface area contributed by atoms with E-state index in [2.05, 4.69) is 24.5 Å². The van der Waals surface area contributed by atoms with Crippen LogP contribution in [0.4, 0.5) is 10.5 Å². The minimum absolute atomic E-state index is 0.0385. The molecular formula is C23H29N3O2. The molecule has 1 fully saturated rings. The second kappa shape index (κ2) is 8.91. The fourth-order valence-electron chi connectivity index (χ4n) is 3.68. The van der Waals surface area contributed by atoms with Crippen molar-refractivity contribution >= 4 is 17.6 Å². The van der Waals surface area contributed by atoms with E-state index in [1.807, 2.05) is 53.4 Å². The summed E-state index contributed by atoms with van der Waals surface area (Å²) in [6.45, 7) is 5.76. The summed E-state index contributed by atoms with van der Waals surface area (Å²) in [5.41, 5.74) is 3.79. The average molecular weight is 380 g/mol. The predicted octanol–water partition coefficient (Wildman–Crippen LogP) is 4.58. The van der Waals surface area contributed by atoms with E-state index in [1.165, 1.54) is 5.56 Å². The Labute approximate surface area is 167 Å². The van der Waals surface area contributed by atoms with Crippen LogP contribution in [-0.4, -0.2) is 37.0 Å². The molecule has 1 heterocycles. The molecule has 2 aromatic rings. The first-order valence-corrected chi connectivity index (χ1v) is 9.96. The monoisotopic (exact) mass is 379 g/mol. The second-order valence-corrected chi connectivity index (χ2v) is 7.70. The Morgan fingerprint density at radius 3 is 2.54 bits per heavy atom. The maximum Gasteiger partial charge on any atom is 0.317 e. The first kappa shape index (κ1) is 19.9. The van der Waals surface area contributed by atoms with Crippen molar-refractivity contribution in [2.24, 2.45) is 0 Å². The fourth-order valence-corrected chi connectivity index (χ4v) is 3.68. The van der Waals surface area contributed by atoms with Crippen molar-refractivity contribution in [1.82, 2.24) is 10.2 Å². The normalized spacial score (nSPS) is 16.7. The molecular weight excluding hydrogens is 350 g/mol. The van der Waals surface area contributed by atoms with Gasteiger partial charge >= 0.3 is 6.03 Å². The zero-order valence-electron chi connectivity index (χ0n) is 16.9. The Balaban J connectivity index is 1.70. The number of hydrogen-bond donors (Lipinski definition) is 2. The summed E-state index contributed by atoms with van der Waals surface area (Å²) >= 11 is 0. The van der Waals surface area contributed by atoms with Gasteiger partial charge in [-0.05, 0) is 54.2 Å². The summed E-state index contributed by atoms with van der Waals surface area (Å²) < 4.78 is 0. The summed E-state index contributed by atoms with van der Waals surface area (Å²) in [4.78, 5) is 26.5. The molecule has 0 unspecified atom stereocenters. The van der Waals surface area contributed by atoms with Crippen molar-refractivity contribution in [3.05, 3.63) is 65.2 Å². The Morgan fingerprint density at radius 1 is 1.11 bits per heavy atom. The minimum atomic E-state index is -0.113. The SMILES string of the molecule is CNC(=O)N1CCC[C@@H](c2cccc(C(=O)Nc3ccc(C(C)C)cc3)c2)C1. The van der Waals surface area contributed by atoms with Crippen molar-refractivity contribution in [3.63, 3.8) is 0 Å². The molecule has 5 heteroatoms. The van der Waals surface area contributed by atoms with E-state index in [0.717, 1.165) is 30.6 Å². The summed E-state index contributed by atoms with van der Waals surface area (Å²) in [5, 5.41) is 5.67. The lowest BCUT2D eigenvalue weighted by atomic mass is 9.89. The molecule has 0 spiro atoms. The molecule has 5 nitrogen and oxygen atoms in total. The van der Waals surface area contributed by atoms with Crippen LogP contribution in [0.2, 0.25) is 0 Å². The molecule has 1 aliphatic rings. The van der Waals surface area contributed by atoms with E-state index < -0.39 is 0 Å². The molecule has 148 valence electrons. The highest BCUT2D eigenvalue weighted by molar-refractivity contribution is 6.04.